The summed E-state index contributed by atoms with van der Waals surface area (Å²) in [4.78, 5) is 12.5. The van der Waals surface area contributed by atoms with Crippen molar-refractivity contribution in [3.05, 3.63) is 29.3 Å². The zero-order valence-electron chi connectivity index (χ0n) is 14.9. The molecular formula is C21H29NO3. The van der Waals surface area contributed by atoms with Gasteiger partial charge in [-0.15, -0.1) is 0 Å². The van der Waals surface area contributed by atoms with Crippen LogP contribution in [0.1, 0.15) is 68.5 Å². The third kappa shape index (κ3) is 3.84. The average molecular weight is 343 g/mol. The Balaban J connectivity index is 1.42. The Morgan fingerprint density at radius 3 is 2.84 bits per heavy atom. The number of ether oxygens (including phenoxy) is 1. The molecule has 2 aliphatic carbocycles. The second-order valence-electron chi connectivity index (χ2n) is 8.09. The van der Waals surface area contributed by atoms with E-state index >= 15 is 0 Å². The van der Waals surface area contributed by atoms with Crippen molar-refractivity contribution in [2.24, 2.45) is 11.8 Å². The first-order chi connectivity index (χ1) is 12.2. The average Bonchev–Trinajstić information content (AvgIpc) is 3.25. The number of rotatable bonds is 6. The molecule has 0 bridgehead atoms. The smallest absolute Gasteiger partial charge is 0.220 e. The van der Waals surface area contributed by atoms with Crippen LogP contribution in [-0.2, 0) is 11.2 Å². The second-order valence-corrected chi connectivity index (χ2v) is 8.09. The maximum absolute atomic E-state index is 12.5. The molecule has 4 heteroatoms. The van der Waals surface area contributed by atoms with Crippen LogP contribution >= 0.6 is 0 Å². The van der Waals surface area contributed by atoms with Gasteiger partial charge in [-0.05, 0) is 54.4 Å². The molecule has 0 spiro atoms. The highest BCUT2D eigenvalue weighted by Crippen LogP contribution is 2.40. The SMILES string of the molecule is O=C(CCC1CCCC1)NC(c1ccc2c(c1)CCO2)C1CC(O)C1. The highest BCUT2D eigenvalue weighted by molar-refractivity contribution is 5.76. The van der Waals surface area contributed by atoms with E-state index in [1.165, 1.54) is 31.2 Å². The molecule has 1 aromatic carbocycles. The lowest BCUT2D eigenvalue weighted by atomic mass is 9.74. The first-order valence-corrected chi connectivity index (χ1v) is 9.92. The molecule has 0 radical (unpaired) electrons. The van der Waals surface area contributed by atoms with E-state index in [4.69, 9.17) is 4.74 Å². The monoisotopic (exact) mass is 343 g/mol. The third-order valence-corrected chi connectivity index (χ3v) is 6.26. The van der Waals surface area contributed by atoms with Gasteiger partial charge in [-0.2, -0.15) is 0 Å². The van der Waals surface area contributed by atoms with Crippen LogP contribution in [0.4, 0.5) is 0 Å². The number of benzene rings is 1. The van der Waals surface area contributed by atoms with Gasteiger partial charge in [0.25, 0.3) is 0 Å². The van der Waals surface area contributed by atoms with E-state index in [1.807, 2.05) is 6.07 Å². The van der Waals surface area contributed by atoms with Crippen molar-refractivity contribution in [1.82, 2.24) is 5.32 Å². The molecule has 136 valence electrons. The van der Waals surface area contributed by atoms with Crippen LogP contribution in [0.15, 0.2) is 18.2 Å². The van der Waals surface area contributed by atoms with Gasteiger partial charge in [0.2, 0.25) is 5.91 Å². The molecule has 0 aromatic heterocycles. The number of carbonyl (C=O) groups is 1. The van der Waals surface area contributed by atoms with Crippen molar-refractivity contribution in [3.8, 4) is 5.75 Å². The molecule has 1 atom stereocenters. The summed E-state index contributed by atoms with van der Waals surface area (Å²) in [5, 5.41) is 13.0. The lowest BCUT2D eigenvalue weighted by Gasteiger charge is -2.38. The quantitative estimate of drug-likeness (QED) is 0.831. The predicted octanol–water partition coefficient (Wildman–Crippen LogP) is 3.52. The number of amides is 1. The number of hydrogen-bond acceptors (Lipinski definition) is 3. The Hall–Kier alpha value is -1.55. The fraction of sp³-hybridized carbons (Fsp3) is 0.667. The van der Waals surface area contributed by atoms with Gasteiger partial charge in [-0.1, -0.05) is 31.7 Å². The molecule has 1 unspecified atom stereocenters. The summed E-state index contributed by atoms with van der Waals surface area (Å²) in [5.41, 5.74) is 2.40. The van der Waals surface area contributed by atoms with Gasteiger partial charge in [0.15, 0.2) is 0 Å². The van der Waals surface area contributed by atoms with E-state index in [2.05, 4.69) is 17.4 Å². The molecule has 1 amide bonds. The summed E-state index contributed by atoms with van der Waals surface area (Å²) >= 11 is 0. The first-order valence-electron chi connectivity index (χ1n) is 9.92. The first kappa shape index (κ1) is 16.9. The van der Waals surface area contributed by atoms with Gasteiger partial charge in [-0.3, -0.25) is 4.79 Å². The van der Waals surface area contributed by atoms with E-state index in [-0.39, 0.29) is 18.1 Å². The topological polar surface area (TPSA) is 58.6 Å². The Kier molecular flexibility index (Phi) is 4.98. The minimum atomic E-state index is -0.208. The summed E-state index contributed by atoms with van der Waals surface area (Å²) in [7, 11) is 0. The zero-order valence-corrected chi connectivity index (χ0v) is 14.9. The number of carbonyl (C=O) groups excluding carboxylic acids is 1. The molecule has 1 heterocycles. The highest BCUT2D eigenvalue weighted by atomic mass is 16.5. The number of aliphatic hydroxyl groups excluding tert-OH is 1. The summed E-state index contributed by atoms with van der Waals surface area (Å²) in [6.07, 6.45) is 9.17. The normalized spacial score (nSPS) is 26.6. The van der Waals surface area contributed by atoms with E-state index in [0.29, 0.717) is 12.3 Å². The number of fused-ring (bicyclic) bond motifs is 1. The fourth-order valence-corrected chi connectivity index (χ4v) is 4.66. The molecule has 4 nitrogen and oxygen atoms in total. The minimum absolute atomic E-state index is 0.0189. The zero-order chi connectivity index (χ0) is 17.2. The van der Waals surface area contributed by atoms with Gasteiger partial charge in [-0.25, -0.2) is 0 Å². The van der Waals surface area contributed by atoms with Crippen molar-refractivity contribution >= 4 is 5.91 Å². The van der Waals surface area contributed by atoms with E-state index in [1.54, 1.807) is 0 Å². The standard InChI is InChI=1S/C21H29NO3/c23-18-12-17(13-18)21(16-6-7-19-15(11-16)9-10-25-19)22-20(24)8-5-14-3-1-2-4-14/h6-7,11,14,17-18,21,23H,1-5,8-10,12-13H2,(H,22,24). The number of aliphatic hydroxyl groups is 1. The fourth-order valence-electron chi connectivity index (χ4n) is 4.66. The molecule has 2 saturated carbocycles. The van der Waals surface area contributed by atoms with Crippen LogP contribution in [0, 0.1) is 11.8 Å². The molecular weight excluding hydrogens is 314 g/mol. The van der Waals surface area contributed by atoms with Crippen molar-refractivity contribution in [1.29, 1.82) is 0 Å². The van der Waals surface area contributed by atoms with E-state index in [9.17, 15) is 9.90 Å². The Bertz CT molecular complexity index is 618. The molecule has 2 N–H and O–H groups in total. The lowest BCUT2D eigenvalue weighted by Crippen LogP contribution is -2.41. The Labute approximate surface area is 150 Å². The molecule has 25 heavy (non-hydrogen) atoms. The molecule has 4 rings (SSSR count). The summed E-state index contributed by atoms with van der Waals surface area (Å²) in [6.45, 7) is 0.749. The molecule has 3 aliphatic rings. The molecule has 1 aromatic rings. The van der Waals surface area contributed by atoms with Crippen molar-refractivity contribution in [2.45, 2.75) is 69.9 Å². The number of hydrogen-bond donors (Lipinski definition) is 2. The largest absolute Gasteiger partial charge is 0.493 e. The van der Waals surface area contributed by atoms with Crippen molar-refractivity contribution in [2.75, 3.05) is 6.61 Å². The van der Waals surface area contributed by atoms with Gasteiger partial charge in [0.05, 0.1) is 18.8 Å². The summed E-state index contributed by atoms with van der Waals surface area (Å²) in [6, 6.07) is 6.32. The third-order valence-electron chi connectivity index (χ3n) is 6.26. The molecule has 1 aliphatic heterocycles. The molecule has 2 fully saturated rings. The highest BCUT2D eigenvalue weighted by Gasteiger charge is 2.36. The van der Waals surface area contributed by atoms with Gasteiger partial charge >= 0.3 is 0 Å². The maximum atomic E-state index is 12.5. The summed E-state index contributed by atoms with van der Waals surface area (Å²) in [5.74, 6) is 2.22. The second kappa shape index (κ2) is 7.36. The van der Waals surface area contributed by atoms with E-state index < -0.39 is 0 Å². The van der Waals surface area contributed by atoms with Crippen LogP contribution < -0.4 is 10.1 Å². The lowest BCUT2D eigenvalue weighted by molar-refractivity contribution is -0.123. The maximum Gasteiger partial charge on any atom is 0.220 e. The van der Waals surface area contributed by atoms with Crippen LogP contribution in [0.25, 0.3) is 0 Å². The van der Waals surface area contributed by atoms with Crippen LogP contribution in [-0.4, -0.2) is 23.7 Å². The van der Waals surface area contributed by atoms with Crippen molar-refractivity contribution in [3.63, 3.8) is 0 Å². The molecule has 0 saturated heterocycles. The predicted molar refractivity (Wildman–Crippen MR) is 96.4 cm³/mol. The van der Waals surface area contributed by atoms with Gasteiger partial charge < -0.3 is 15.2 Å². The minimum Gasteiger partial charge on any atom is -0.493 e. The van der Waals surface area contributed by atoms with Gasteiger partial charge in [0.1, 0.15) is 5.75 Å². The van der Waals surface area contributed by atoms with Crippen LogP contribution in [0.3, 0.4) is 0 Å². The Morgan fingerprint density at radius 1 is 1.28 bits per heavy atom. The van der Waals surface area contributed by atoms with Gasteiger partial charge in [0, 0.05) is 12.8 Å². The Morgan fingerprint density at radius 2 is 2.08 bits per heavy atom. The van der Waals surface area contributed by atoms with Crippen molar-refractivity contribution < 1.29 is 14.6 Å². The van der Waals surface area contributed by atoms with E-state index in [0.717, 1.165) is 49.5 Å². The van der Waals surface area contributed by atoms with Crippen LogP contribution in [0.5, 0.6) is 5.75 Å². The summed E-state index contributed by atoms with van der Waals surface area (Å²) < 4.78 is 5.60. The number of nitrogens with one attached hydrogen (secondary N) is 1. The van der Waals surface area contributed by atoms with Crippen LogP contribution in [0.2, 0.25) is 0 Å².